The van der Waals surface area contributed by atoms with E-state index in [-0.39, 0.29) is 11.7 Å². The minimum absolute atomic E-state index is 0.172. The quantitative estimate of drug-likeness (QED) is 0.878. The van der Waals surface area contributed by atoms with Gasteiger partial charge in [-0.2, -0.15) is 0 Å². The first-order valence-corrected chi connectivity index (χ1v) is 6.58. The van der Waals surface area contributed by atoms with E-state index in [1.54, 1.807) is 19.1 Å². The maximum atomic E-state index is 13.0. The number of rotatable bonds is 2. The van der Waals surface area contributed by atoms with Crippen LogP contribution in [0.3, 0.4) is 0 Å². The van der Waals surface area contributed by atoms with E-state index in [9.17, 15) is 9.18 Å². The van der Waals surface area contributed by atoms with E-state index in [4.69, 9.17) is 0 Å². The highest BCUT2D eigenvalue weighted by Gasteiger charge is 2.14. The zero-order chi connectivity index (χ0) is 14.1. The van der Waals surface area contributed by atoms with Crippen LogP contribution in [0.4, 0.5) is 15.8 Å². The van der Waals surface area contributed by atoms with Crippen molar-refractivity contribution in [1.82, 2.24) is 0 Å². The lowest BCUT2D eigenvalue weighted by atomic mass is 10.1. The molecule has 2 aromatic rings. The van der Waals surface area contributed by atoms with Crippen LogP contribution in [-0.4, -0.2) is 12.5 Å². The molecule has 102 valence electrons. The lowest BCUT2D eigenvalue weighted by Gasteiger charge is -2.09. The highest BCUT2D eigenvalue weighted by molar-refractivity contribution is 6.05. The molecular formula is C16H15FN2O. The van der Waals surface area contributed by atoms with Gasteiger partial charge in [0.05, 0.1) is 0 Å². The topological polar surface area (TPSA) is 41.1 Å². The number of amides is 1. The van der Waals surface area contributed by atoms with E-state index in [2.05, 4.69) is 10.6 Å². The predicted molar refractivity (Wildman–Crippen MR) is 77.7 cm³/mol. The summed E-state index contributed by atoms with van der Waals surface area (Å²) in [6.07, 6.45) is 0.937. The molecule has 20 heavy (non-hydrogen) atoms. The zero-order valence-corrected chi connectivity index (χ0v) is 11.2. The number of hydrogen-bond acceptors (Lipinski definition) is 2. The Morgan fingerprint density at radius 1 is 1.25 bits per heavy atom. The van der Waals surface area contributed by atoms with Crippen molar-refractivity contribution in [2.75, 3.05) is 17.2 Å². The number of carbonyl (C=O) groups is 1. The lowest BCUT2D eigenvalue weighted by Crippen LogP contribution is -2.13. The molecule has 0 aliphatic carbocycles. The molecule has 0 saturated heterocycles. The Bertz CT molecular complexity index is 682. The Morgan fingerprint density at radius 3 is 2.90 bits per heavy atom. The summed E-state index contributed by atoms with van der Waals surface area (Å²) in [5.41, 5.74) is 4.22. The molecule has 1 aliphatic rings. The first-order chi connectivity index (χ1) is 9.63. The molecule has 0 bridgehead atoms. The fourth-order valence-corrected chi connectivity index (χ4v) is 2.41. The van der Waals surface area contributed by atoms with E-state index in [0.717, 1.165) is 24.2 Å². The number of benzene rings is 2. The Balaban J connectivity index is 1.82. The minimum atomic E-state index is -0.302. The molecule has 3 nitrogen and oxygen atoms in total. The predicted octanol–water partition coefficient (Wildman–Crippen LogP) is 3.35. The molecule has 1 amide bonds. The van der Waals surface area contributed by atoms with Gasteiger partial charge in [-0.05, 0) is 60.9 Å². The van der Waals surface area contributed by atoms with Crippen LogP contribution in [0.15, 0.2) is 36.4 Å². The summed E-state index contributed by atoms with van der Waals surface area (Å²) in [5, 5.41) is 6.08. The molecule has 1 heterocycles. The van der Waals surface area contributed by atoms with Crippen molar-refractivity contribution in [3.63, 3.8) is 0 Å². The summed E-state index contributed by atoms with van der Waals surface area (Å²) in [7, 11) is 0. The highest BCUT2D eigenvalue weighted by Crippen LogP contribution is 2.24. The number of fused-ring (bicyclic) bond motifs is 1. The van der Waals surface area contributed by atoms with Crippen LogP contribution >= 0.6 is 0 Å². The van der Waals surface area contributed by atoms with Gasteiger partial charge in [0.2, 0.25) is 0 Å². The van der Waals surface area contributed by atoms with Gasteiger partial charge < -0.3 is 10.6 Å². The number of carbonyl (C=O) groups excluding carboxylic acids is 1. The molecule has 1 aliphatic heterocycles. The van der Waals surface area contributed by atoms with Gasteiger partial charge in [-0.3, -0.25) is 4.79 Å². The Labute approximate surface area is 116 Å². The van der Waals surface area contributed by atoms with Gasteiger partial charge in [-0.1, -0.05) is 0 Å². The molecule has 0 atom stereocenters. The third kappa shape index (κ3) is 2.37. The normalized spacial score (nSPS) is 12.7. The third-order valence-corrected chi connectivity index (χ3v) is 3.51. The first kappa shape index (κ1) is 12.7. The Hall–Kier alpha value is -2.36. The number of aryl methyl sites for hydroxylation is 1. The molecule has 0 saturated carbocycles. The molecular weight excluding hydrogens is 255 g/mol. The molecule has 3 rings (SSSR count). The van der Waals surface area contributed by atoms with Gasteiger partial charge in [0.25, 0.3) is 5.91 Å². The lowest BCUT2D eigenvalue weighted by molar-refractivity contribution is 0.102. The van der Waals surface area contributed by atoms with Crippen molar-refractivity contribution in [3.05, 3.63) is 58.9 Å². The Kier molecular flexibility index (Phi) is 3.14. The van der Waals surface area contributed by atoms with Crippen LogP contribution in [0, 0.1) is 12.7 Å². The second kappa shape index (κ2) is 4.96. The van der Waals surface area contributed by atoms with E-state index in [1.807, 2.05) is 12.1 Å². The number of nitrogens with one attached hydrogen (secondary N) is 2. The molecule has 4 heteroatoms. The first-order valence-electron chi connectivity index (χ1n) is 6.58. The molecule has 0 spiro atoms. The average molecular weight is 270 g/mol. The average Bonchev–Trinajstić information content (AvgIpc) is 2.89. The van der Waals surface area contributed by atoms with Gasteiger partial charge >= 0.3 is 0 Å². The van der Waals surface area contributed by atoms with Crippen LogP contribution in [-0.2, 0) is 6.42 Å². The maximum Gasteiger partial charge on any atom is 0.255 e. The summed E-state index contributed by atoms with van der Waals surface area (Å²) in [6.45, 7) is 2.68. The smallest absolute Gasteiger partial charge is 0.255 e. The molecule has 0 aromatic heterocycles. The summed E-state index contributed by atoms with van der Waals surface area (Å²) in [6, 6.07) is 9.96. The van der Waals surface area contributed by atoms with Crippen molar-refractivity contribution in [2.45, 2.75) is 13.3 Å². The molecule has 0 fully saturated rings. The fourth-order valence-electron chi connectivity index (χ4n) is 2.41. The molecule has 0 radical (unpaired) electrons. The van der Waals surface area contributed by atoms with Crippen LogP contribution in [0.1, 0.15) is 21.5 Å². The van der Waals surface area contributed by atoms with Crippen LogP contribution in [0.5, 0.6) is 0 Å². The standard InChI is InChI=1S/C16H15FN2O/c1-10-8-13(17)3-5-14(10)19-16(20)12-2-4-15-11(9-12)6-7-18-15/h2-5,8-9,18H,6-7H2,1H3,(H,19,20). The number of anilines is 2. The van der Waals surface area contributed by atoms with Gasteiger partial charge in [0.15, 0.2) is 0 Å². The second-order valence-corrected chi connectivity index (χ2v) is 4.96. The van der Waals surface area contributed by atoms with E-state index in [0.29, 0.717) is 16.8 Å². The van der Waals surface area contributed by atoms with Crippen molar-refractivity contribution < 1.29 is 9.18 Å². The molecule has 2 aromatic carbocycles. The molecule has 0 unspecified atom stereocenters. The zero-order valence-electron chi connectivity index (χ0n) is 11.2. The Morgan fingerprint density at radius 2 is 2.10 bits per heavy atom. The summed E-state index contributed by atoms with van der Waals surface area (Å²) < 4.78 is 13.0. The summed E-state index contributed by atoms with van der Waals surface area (Å²) in [4.78, 5) is 12.2. The van der Waals surface area contributed by atoms with Crippen LogP contribution in [0.2, 0.25) is 0 Å². The largest absolute Gasteiger partial charge is 0.384 e. The summed E-state index contributed by atoms with van der Waals surface area (Å²) in [5.74, 6) is -0.474. The van der Waals surface area contributed by atoms with E-state index in [1.165, 1.54) is 12.1 Å². The minimum Gasteiger partial charge on any atom is -0.384 e. The van der Waals surface area contributed by atoms with Gasteiger partial charge in [-0.15, -0.1) is 0 Å². The number of hydrogen-bond donors (Lipinski definition) is 2. The third-order valence-electron chi connectivity index (χ3n) is 3.51. The van der Waals surface area contributed by atoms with Crippen molar-refractivity contribution in [2.24, 2.45) is 0 Å². The van der Waals surface area contributed by atoms with Gasteiger partial charge in [0, 0.05) is 23.5 Å². The van der Waals surface area contributed by atoms with Gasteiger partial charge in [0.1, 0.15) is 5.82 Å². The fraction of sp³-hybridized carbons (Fsp3) is 0.188. The molecule has 2 N–H and O–H groups in total. The van der Waals surface area contributed by atoms with E-state index < -0.39 is 0 Å². The van der Waals surface area contributed by atoms with Crippen molar-refractivity contribution in [1.29, 1.82) is 0 Å². The maximum absolute atomic E-state index is 13.0. The monoisotopic (exact) mass is 270 g/mol. The van der Waals surface area contributed by atoms with Crippen molar-refractivity contribution >= 4 is 17.3 Å². The number of halogens is 1. The van der Waals surface area contributed by atoms with Crippen LogP contribution in [0.25, 0.3) is 0 Å². The van der Waals surface area contributed by atoms with Gasteiger partial charge in [-0.25, -0.2) is 4.39 Å². The van der Waals surface area contributed by atoms with Crippen LogP contribution < -0.4 is 10.6 Å². The van der Waals surface area contributed by atoms with Crippen molar-refractivity contribution in [3.8, 4) is 0 Å². The van der Waals surface area contributed by atoms with E-state index >= 15 is 0 Å². The SMILES string of the molecule is Cc1cc(F)ccc1NC(=O)c1ccc2c(c1)CCN2. The highest BCUT2D eigenvalue weighted by atomic mass is 19.1. The second-order valence-electron chi connectivity index (χ2n) is 4.96. The summed E-state index contributed by atoms with van der Waals surface area (Å²) >= 11 is 0.